The number of allylic oxidation sites excluding steroid dienone is 3. The highest BCUT2D eigenvalue weighted by atomic mass is 19.3. The number of fused-ring (bicyclic) bond motifs is 1. The maximum atomic E-state index is 14.3. The van der Waals surface area contributed by atoms with E-state index >= 15 is 0 Å². The average molecular weight is 393 g/mol. The summed E-state index contributed by atoms with van der Waals surface area (Å²) in [6, 6.07) is -0.340. The molecule has 8 heteroatoms. The zero-order valence-electron chi connectivity index (χ0n) is 16.2. The largest absolute Gasteiger partial charge is 0.365 e. The molecule has 3 heterocycles. The van der Waals surface area contributed by atoms with Crippen molar-refractivity contribution in [2.24, 2.45) is 0 Å². The summed E-state index contributed by atoms with van der Waals surface area (Å²) in [5.74, 6) is -2.78. The molecule has 2 aliphatic heterocycles. The molecule has 0 saturated carbocycles. The molecule has 2 unspecified atom stereocenters. The van der Waals surface area contributed by atoms with Crippen molar-refractivity contribution in [3.8, 4) is 0 Å². The standard InChI is InChI=1S/C20H26F3N5/c1-19(2)9-14(8-15-10-20(22,23)12-28(15)19)25-17-16(21)11-24-18(27-17)26-13-6-4-3-5-7-13/h4,6-7,11,14-15H,3,5,8-10,12H2,1-2H3,(H2,24,25,26,27). The Labute approximate surface area is 163 Å². The second-order valence-electron chi connectivity index (χ2n) is 8.59. The van der Waals surface area contributed by atoms with Gasteiger partial charge in [0, 0.05) is 29.7 Å². The molecule has 3 aliphatic rings. The Morgan fingerprint density at radius 1 is 1.21 bits per heavy atom. The lowest BCUT2D eigenvalue weighted by Crippen LogP contribution is -2.55. The van der Waals surface area contributed by atoms with E-state index in [4.69, 9.17) is 0 Å². The fourth-order valence-electron chi connectivity index (χ4n) is 4.62. The first-order valence-electron chi connectivity index (χ1n) is 9.79. The number of aromatic nitrogens is 2. The first-order chi connectivity index (χ1) is 13.2. The summed E-state index contributed by atoms with van der Waals surface area (Å²) in [4.78, 5) is 10.2. The van der Waals surface area contributed by atoms with Gasteiger partial charge in [-0.25, -0.2) is 18.2 Å². The van der Waals surface area contributed by atoms with Crippen LogP contribution in [-0.2, 0) is 0 Å². The molecular formula is C20H26F3N5. The van der Waals surface area contributed by atoms with Crippen LogP contribution in [0.15, 0.2) is 30.1 Å². The molecule has 152 valence electrons. The van der Waals surface area contributed by atoms with E-state index in [1.54, 1.807) is 0 Å². The molecule has 5 nitrogen and oxygen atoms in total. The summed E-state index contributed by atoms with van der Waals surface area (Å²) in [6.45, 7) is 3.75. The lowest BCUT2D eigenvalue weighted by Gasteiger charge is -2.47. The van der Waals surface area contributed by atoms with Crippen LogP contribution in [0.4, 0.5) is 24.9 Å². The monoisotopic (exact) mass is 393 g/mol. The van der Waals surface area contributed by atoms with Crippen molar-refractivity contribution in [2.45, 2.75) is 69.5 Å². The van der Waals surface area contributed by atoms with Gasteiger partial charge in [0.05, 0.1) is 12.7 Å². The molecule has 0 spiro atoms. The highest BCUT2D eigenvalue weighted by molar-refractivity contribution is 5.47. The van der Waals surface area contributed by atoms with Gasteiger partial charge in [0.15, 0.2) is 11.6 Å². The van der Waals surface area contributed by atoms with Gasteiger partial charge >= 0.3 is 0 Å². The van der Waals surface area contributed by atoms with E-state index in [0.717, 1.165) is 24.7 Å². The van der Waals surface area contributed by atoms with Gasteiger partial charge in [0.2, 0.25) is 5.95 Å². The van der Waals surface area contributed by atoms with Gasteiger partial charge in [-0.05, 0) is 45.6 Å². The second kappa shape index (κ2) is 7.06. The summed E-state index contributed by atoms with van der Waals surface area (Å²) >= 11 is 0. The molecule has 2 fully saturated rings. The maximum Gasteiger partial charge on any atom is 0.262 e. The average Bonchev–Trinajstić information content (AvgIpc) is 2.94. The Kier molecular flexibility index (Phi) is 4.85. The first-order valence-corrected chi connectivity index (χ1v) is 9.79. The molecule has 0 aromatic carbocycles. The van der Waals surface area contributed by atoms with Crippen molar-refractivity contribution in [3.05, 3.63) is 35.9 Å². The topological polar surface area (TPSA) is 53.1 Å². The quantitative estimate of drug-likeness (QED) is 0.798. The number of nitrogens with one attached hydrogen (secondary N) is 2. The molecule has 0 bridgehead atoms. The molecule has 1 aromatic heterocycles. The van der Waals surface area contributed by atoms with Crippen LogP contribution in [0.3, 0.4) is 0 Å². The van der Waals surface area contributed by atoms with Crippen LogP contribution in [0.2, 0.25) is 0 Å². The number of rotatable bonds is 4. The van der Waals surface area contributed by atoms with Crippen molar-refractivity contribution in [3.63, 3.8) is 0 Å². The predicted molar refractivity (Wildman–Crippen MR) is 103 cm³/mol. The summed E-state index contributed by atoms with van der Waals surface area (Å²) in [5.41, 5.74) is 0.495. The highest BCUT2D eigenvalue weighted by Gasteiger charge is 2.53. The minimum atomic E-state index is -2.66. The zero-order valence-corrected chi connectivity index (χ0v) is 16.2. The molecule has 2 N–H and O–H groups in total. The summed E-state index contributed by atoms with van der Waals surface area (Å²) in [5, 5.41) is 6.23. The van der Waals surface area contributed by atoms with E-state index in [9.17, 15) is 13.2 Å². The maximum absolute atomic E-state index is 14.3. The lowest BCUT2D eigenvalue weighted by atomic mass is 9.84. The third-order valence-electron chi connectivity index (χ3n) is 5.79. The summed E-state index contributed by atoms with van der Waals surface area (Å²) in [6.07, 6.45) is 10.1. The molecule has 0 amide bonds. The fourth-order valence-corrected chi connectivity index (χ4v) is 4.62. The number of halogens is 3. The van der Waals surface area contributed by atoms with Crippen LogP contribution in [0.5, 0.6) is 0 Å². The molecule has 2 saturated heterocycles. The molecular weight excluding hydrogens is 367 g/mol. The third-order valence-corrected chi connectivity index (χ3v) is 5.79. The molecule has 28 heavy (non-hydrogen) atoms. The second-order valence-corrected chi connectivity index (χ2v) is 8.59. The molecule has 0 radical (unpaired) electrons. The molecule has 2 atom stereocenters. The van der Waals surface area contributed by atoms with E-state index < -0.39 is 11.7 Å². The van der Waals surface area contributed by atoms with Crippen LogP contribution in [-0.4, -0.2) is 45.0 Å². The van der Waals surface area contributed by atoms with Crippen LogP contribution < -0.4 is 10.6 Å². The lowest BCUT2D eigenvalue weighted by molar-refractivity contribution is -0.00687. The van der Waals surface area contributed by atoms with E-state index in [1.807, 2.05) is 30.9 Å². The van der Waals surface area contributed by atoms with E-state index in [2.05, 4.69) is 26.7 Å². The van der Waals surface area contributed by atoms with Gasteiger partial charge in [0.1, 0.15) is 0 Å². The number of piperidine rings is 1. The van der Waals surface area contributed by atoms with E-state index in [-0.39, 0.29) is 36.4 Å². The van der Waals surface area contributed by atoms with Crippen molar-refractivity contribution in [1.29, 1.82) is 0 Å². The SMILES string of the molecule is CC1(C)CC(Nc2nc(NC3=CCCC=C3)ncc2F)CC2CC(F)(F)CN21. The predicted octanol–water partition coefficient (Wildman–Crippen LogP) is 4.32. The highest BCUT2D eigenvalue weighted by Crippen LogP contribution is 2.44. The first kappa shape index (κ1) is 19.2. The van der Waals surface area contributed by atoms with E-state index in [0.29, 0.717) is 18.8 Å². The van der Waals surface area contributed by atoms with Crippen molar-refractivity contribution < 1.29 is 13.2 Å². The molecule has 1 aromatic rings. The Bertz CT molecular complexity index is 805. The zero-order chi connectivity index (χ0) is 19.9. The van der Waals surface area contributed by atoms with Gasteiger partial charge in [-0.1, -0.05) is 12.2 Å². The minimum Gasteiger partial charge on any atom is -0.365 e. The van der Waals surface area contributed by atoms with E-state index in [1.165, 1.54) is 0 Å². The third kappa shape index (κ3) is 4.01. The normalized spacial score (nSPS) is 28.5. The van der Waals surface area contributed by atoms with Gasteiger partial charge in [-0.3, -0.25) is 4.90 Å². The molecule has 1 aliphatic carbocycles. The number of anilines is 2. The number of alkyl halides is 2. The Hall–Kier alpha value is -2.09. The number of nitrogens with zero attached hydrogens (tertiary/aromatic N) is 3. The van der Waals surface area contributed by atoms with Gasteiger partial charge in [0.25, 0.3) is 5.92 Å². The van der Waals surface area contributed by atoms with Crippen LogP contribution in [0.1, 0.15) is 46.0 Å². The summed E-state index contributed by atoms with van der Waals surface area (Å²) in [7, 11) is 0. The van der Waals surface area contributed by atoms with Crippen molar-refractivity contribution >= 4 is 11.8 Å². The van der Waals surface area contributed by atoms with Gasteiger partial charge < -0.3 is 10.6 Å². The van der Waals surface area contributed by atoms with Gasteiger partial charge in [-0.2, -0.15) is 4.98 Å². The van der Waals surface area contributed by atoms with Gasteiger partial charge in [-0.15, -0.1) is 0 Å². The van der Waals surface area contributed by atoms with Crippen LogP contribution in [0.25, 0.3) is 0 Å². The van der Waals surface area contributed by atoms with Crippen LogP contribution in [0, 0.1) is 5.82 Å². The van der Waals surface area contributed by atoms with Crippen molar-refractivity contribution in [2.75, 3.05) is 17.2 Å². The smallest absolute Gasteiger partial charge is 0.262 e. The Morgan fingerprint density at radius 3 is 2.79 bits per heavy atom. The number of hydrogen-bond acceptors (Lipinski definition) is 5. The Balaban J connectivity index is 1.48. The number of hydrogen-bond donors (Lipinski definition) is 2. The van der Waals surface area contributed by atoms with Crippen molar-refractivity contribution in [1.82, 2.24) is 14.9 Å². The summed E-state index contributed by atoms with van der Waals surface area (Å²) < 4.78 is 42.2. The van der Waals surface area contributed by atoms with Crippen LogP contribution >= 0.6 is 0 Å². The Morgan fingerprint density at radius 2 is 2.04 bits per heavy atom. The fraction of sp³-hybridized carbons (Fsp3) is 0.600. The minimum absolute atomic E-state index is 0.108. The molecule has 4 rings (SSSR count).